The number of carboxylic acid groups (broad SMARTS) is 1. The molecule has 3 N–H and O–H groups in total. The number of aromatic nitrogens is 3. The number of sulfonamides is 1. The number of nitrogens with one attached hydrogen (secondary N) is 2. The van der Waals surface area contributed by atoms with E-state index in [1.165, 1.54) is 14.2 Å². The van der Waals surface area contributed by atoms with Gasteiger partial charge in [-0.2, -0.15) is 0 Å². The van der Waals surface area contributed by atoms with Crippen molar-refractivity contribution in [2.75, 3.05) is 24.3 Å². The van der Waals surface area contributed by atoms with Gasteiger partial charge in [0.15, 0.2) is 11.6 Å². The van der Waals surface area contributed by atoms with Gasteiger partial charge in [0.25, 0.3) is 10.0 Å². The van der Waals surface area contributed by atoms with Crippen LogP contribution in [0.2, 0.25) is 0 Å². The van der Waals surface area contributed by atoms with Gasteiger partial charge in [-0.3, -0.25) is 4.72 Å². The van der Waals surface area contributed by atoms with Crippen molar-refractivity contribution in [2.45, 2.75) is 4.90 Å². The summed E-state index contributed by atoms with van der Waals surface area (Å²) in [4.78, 5) is 23.4. The number of fused-ring (bicyclic) bond motifs is 1. The van der Waals surface area contributed by atoms with Crippen molar-refractivity contribution in [3.63, 3.8) is 0 Å². The highest BCUT2D eigenvalue weighted by atomic mass is 32.2. The molecule has 0 amide bonds. The first kappa shape index (κ1) is 22.7. The molecule has 0 unspecified atom stereocenters. The number of pyridine rings is 1. The largest absolute Gasteiger partial charge is 0.497 e. The first-order valence-corrected chi connectivity index (χ1v) is 11.3. The monoisotopic (exact) mass is 481 g/mol. The molecule has 2 aromatic carbocycles. The van der Waals surface area contributed by atoms with Gasteiger partial charge in [-0.1, -0.05) is 12.1 Å². The zero-order valence-corrected chi connectivity index (χ0v) is 18.8. The molecule has 11 nitrogen and oxygen atoms in total. The van der Waals surface area contributed by atoms with E-state index in [9.17, 15) is 13.2 Å². The van der Waals surface area contributed by atoms with Gasteiger partial charge in [-0.15, -0.1) is 0 Å². The van der Waals surface area contributed by atoms with Crippen molar-refractivity contribution in [3.05, 3.63) is 66.5 Å². The zero-order valence-electron chi connectivity index (χ0n) is 18.0. The third-order valence-corrected chi connectivity index (χ3v) is 6.01. The Labute approximate surface area is 194 Å². The molecule has 4 rings (SSSR count). The number of hydrogen-bond acceptors (Lipinski definition) is 9. The Morgan fingerprint density at radius 3 is 2.06 bits per heavy atom. The van der Waals surface area contributed by atoms with E-state index < -0.39 is 16.0 Å². The number of ether oxygens (including phenoxy) is 2. The number of hydrogen-bond donors (Lipinski definition) is 3. The SMILES string of the molecule is COc1cc(Nc2nc3ccccc3nc2NS(=O)(=O)c2ccc(C(=O)O)nc2)cc(OC)c1. The van der Waals surface area contributed by atoms with Gasteiger partial charge in [-0.05, 0) is 24.3 Å². The Balaban J connectivity index is 1.76. The molecule has 0 atom stereocenters. The van der Waals surface area contributed by atoms with E-state index in [4.69, 9.17) is 14.6 Å². The third kappa shape index (κ3) is 4.81. The normalized spacial score (nSPS) is 11.1. The number of para-hydroxylation sites is 2. The molecule has 2 aromatic heterocycles. The highest BCUT2D eigenvalue weighted by Crippen LogP contribution is 2.31. The van der Waals surface area contributed by atoms with Gasteiger partial charge < -0.3 is 19.9 Å². The van der Waals surface area contributed by atoms with Gasteiger partial charge in [0.05, 0.1) is 25.3 Å². The van der Waals surface area contributed by atoms with Crippen molar-refractivity contribution >= 4 is 44.3 Å². The second kappa shape index (κ2) is 9.19. The van der Waals surface area contributed by atoms with Crippen molar-refractivity contribution < 1.29 is 27.8 Å². The summed E-state index contributed by atoms with van der Waals surface area (Å²) < 4.78 is 39.0. The zero-order chi connectivity index (χ0) is 24.3. The summed E-state index contributed by atoms with van der Waals surface area (Å²) in [5.41, 5.74) is 1.25. The van der Waals surface area contributed by atoms with Gasteiger partial charge in [0, 0.05) is 30.1 Å². The van der Waals surface area contributed by atoms with Crippen LogP contribution in [-0.4, -0.2) is 48.7 Å². The van der Waals surface area contributed by atoms with Crippen LogP contribution in [0, 0.1) is 0 Å². The minimum Gasteiger partial charge on any atom is -0.497 e. The number of aromatic carboxylic acids is 1. The Morgan fingerprint density at radius 2 is 1.53 bits per heavy atom. The van der Waals surface area contributed by atoms with Crippen LogP contribution in [0.3, 0.4) is 0 Å². The van der Waals surface area contributed by atoms with Crippen molar-refractivity contribution in [1.82, 2.24) is 15.0 Å². The molecule has 0 bridgehead atoms. The highest BCUT2D eigenvalue weighted by molar-refractivity contribution is 7.92. The van der Waals surface area contributed by atoms with Crippen LogP contribution in [0.4, 0.5) is 17.3 Å². The Bertz CT molecular complexity index is 1450. The molecule has 0 radical (unpaired) electrons. The minimum atomic E-state index is -4.16. The lowest BCUT2D eigenvalue weighted by molar-refractivity contribution is 0.0690. The van der Waals surface area contributed by atoms with Crippen molar-refractivity contribution in [1.29, 1.82) is 0 Å². The summed E-state index contributed by atoms with van der Waals surface area (Å²) in [7, 11) is -1.14. The van der Waals surface area contributed by atoms with Crippen LogP contribution in [0.15, 0.2) is 65.7 Å². The number of rotatable bonds is 8. The highest BCUT2D eigenvalue weighted by Gasteiger charge is 2.20. The summed E-state index contributed by atoms with van der Waals surface area (Å²) in [5, 5.41) is 12.1. The number of carbonyl (C=O) groups is 1. The quantitative estimate of drug-likeness (QED) is 0.342. The number of carboxylic acids is 1. The van der Waals surface area contributed by atoms with Crippen LogP contribution in [0.5, 0.6) is 11.5 Å². The average molecular weight is 481 g/mol. The summed E-state index contributed by atoms with van der Waals surface area (Å²) in [6.45, 7) is 0. The molecule has 2 heterocycles. The Kier molecular flexibility index (Phi) is 6.15. The van der Waals surface area contributed by atoms with Crippen molar-refractivity contribution in [3.8, 4) is 11.5 Å². The van der Waals surface area contributed by atoms with Gasteiger partial charge in [-0.25, -0.2) is 28.2 Å². The fraction of sp³-hybridized carbons (Fsp3) is 0.0909. The molecule has 0 aliphatic carbocycles. The molecule has 4 aromatic rings. The third-order valence-electron chi connectivity index (χ3n) is 4.68. The average Bonchev–Trinajstić information content (AvgIpc) is 2.84. The molecule has 0 aliphatic rings. The van der Waals surface area contributed by atoms with Crippen LogP contribution >= 0.6 is 0 Å². The van der Waals surface area contributed by atoms with E-state index in [0.717, 1.165) is 18.3 Å². The number of anilines is 3. The maximum atomic E-state index is 13.0. The number of nitrogens with zero attached hydrogens (tertiary/aromatic N) is 3. The van der Waals surface area contributed by atoms with Gasteiger partial charge in [0.1, 0.15) is 22.1 Å². The molecule has 0 aliphatic heterocycles. The van der Waals surface area contributed by atoms with Crippen LogP contribution in [-0.2, 0) is 10.0 Å². The first-order valence-electron chi connectivity index (χ1n) is 9.78. The van der Waals surface area contributed by atoms with E-state index in [2.05, 4.69) is 25.0 Å². The number of benzene rings is 2. The van der Waals surface area contributed by atoms with Crippen LogP contribution in [0.25, 0.3) is 11.0 Å². The smallest absolute Gasteiger partial charge is 0.354 e. The van der Waals surface area contributed by atoms with Crippen molar-refractivity contribution in [2.24, 2.45) is 0 Å². The second-order valence-electron chi connectivity index (χ2n) is 6.93. The molecule has 0 fully saturated rings. The molecule has 0 saturated carbocycles. The fourth-order valence-electron chi connectivity index (χ4n) is 3.03. The molecule has 0 spiro atoms. The predicted octanol–water partition coefficient (Wildman–Crippen LogP) is 3.28. The minimum absolute atomic E-state index is 0.0669. The summed E-state index contributed by atoms with van der Waals surface area (Å²) in [5.74, 6) is -0.169. The predicted molar refractivity (Wildman–Crippen MR) is 124 cm³/mol. The number of methoxy groups -OCH3 is 2. The summed E-state index contributed by atoms with van der Waals surface area (Å²) in [6, 6.07) is 14.3. The maximum absolute atomic E-state index is 13.0. The van der Waals surface area contributed by atoms with Crippen LogP contribution in [0.1, 0.15) is 10.5 Å². The molecule has 174 valence electrons. The second-order valence-corrected chi connectivity index (χ2v) is 8.61. The molecule has 34 heavy (non-hydrogen) atoms. The molecular weight excluding hydrogens is 462 g/mol. The van der Waals surface area contributed by atoms with Gasteiger partial charge >= 0.3 is 5.97 Å². The lowest BCUT2D eigenvalue weighted by Gasteiger charge is -2.15. The first-order chi connectivity index (χ1) is 16.3. The fourth-order valence-corrected chi connectivity index (χ4v) is 3.98. The molecule has 0 saturated heterocycles. The topological polar surface area (TPSA) is 153 Å². The Hall–Kier alpha value is -4.45. The van der Waals surface area contributed by atoms with E-state index in [-0.39, 0.29) is 22.2 Å². The lowest BCUT2D eigenvalue weighted by atomic mass is 10.2. The van der Waals surface area contributed by atoms with E-state index in [1.807, 2.05) is 0 Å². The molecular formula is C22H19N5O6S. The maximum Gasteiger partial charge on any atom is 0.354 e. The summed E-state index contributed by atoms with van der Waals surface area (Å²) >= 11 is 0. The van der Waals surface area contributed by atoms with E-state index in [1.54, 1.807) is 42.5 Å². The Morgan fingerprint density at radius 1 is 0.912 bits per heavy atom. The van der Waals surface area contributed by atoms with E-state index >= 15 is 0 Å². The van der Waals surface area contributed by atoms with E-state index in [0.29, 0.717) is 28.2 Å². The molecule has 12 heteroatoms. The van der Waals surface area contributed by atoms with Gasteiger partial charge in [0.2, 0.25) is 0 Å². The standard InChI is InChI=1S/C22H19N5O6S/c1-32-14-9-13(10-15(11-14)33-2)24-20-21(26-18-6-4-3-5-17(18)25-20)27-34(30,31)16-7-8-19(22(28)29)23-12-16/h3-12H,1-2H3,(H,24,25)(H,26,27)(H,28,29). The summed E-state index contributed by atoms with van der Waals surface area (Å²) in [6.07, 6.45) is 0.959. The lowest BCUT2D eigenvalue weighted by Crippen LogP contribution is -2.16. The van der Waals surface area contributed by atoms with Crippen LogP contribution < -0.4 is 19.5 Å².